The second-order valence-corrected chi connectivity index (χ2v) is 6.39. The Bertz CT molecular complexity index is 706. The molecule has 0 radical (unpaired) electrons. The van der Waals surface area contributed by atoms with Gasteiger partial charge in [0.15, 0.2) is 5.82 Å². The van der Waals surface area contributed by atoms with Crippen molar-refractivity contribution in [1.82, 2.24) is 14.9 Å². The maximum absolute atomic E-state index is 13.2. The third kappa shape index (κ3) is 3.32. The summed E-state index contributed by atoms with van der Waals surface area (Å²) in [5, 5.41) is 3.55. The molecule has 108 valence electrons. The van der Waals surface area contributed by atoms with Crippen LogP contribution in [0.1, 0.15) is 5.82 Å². The normalized spacial score (nSPS) is 11.7. The lowest BCUT2D eigenvalue weighted by Crippen LogP contribution is -2.26. The molecule has 7 nitrogen and oxygen atoms in total. The Morgan fingerprint density at radius 3 is 2.85 bits per heavy atom. The maximum atomic E-state index is 13.2. The second-order valence-electron chi connectivity index (χ2n) is 3.80. The van der Waals surface area contributed by atoms with Crippen LogP contribution in [0.5, 0.6) is 0 Å². The molecule has 1 aromatic heterocycles. The zero-order valence-corrected chi connectivity index (χ0v) is 12.4. The molecule has 0 atom stereocenters. The van der Waals surface area contributed by atoms with Crippen molar-refractivity contribution < 1.29 is 17.3 Å². The van der Waals surface area contributed by atoms with E-state index in [9.17, 15) is 12.8 Å². The van der Waals surface area contributed by atoms with E-state index in [-0.39, 0.29) is 28.0 Å². The molecule has 0 saturated carbocycles. The summed E-state index contributed by atoms with van der Waals surface area (Å²) in [6, 6.07) is 2.05. The number of nitrogen functional groups attached to an aromatic ring is 1. The quantitative estimate of drug-likeness (QED) is 0.767. The number of nitrogens with two attached hydrogens (primary N) is 1. The number of aromatic nitrogens is 2. The van der Waals surface area contributed by atoms with E-state index in [2.05, 4.69) is 35.3 Å². The van der Waals surface area contributed by atoms with Gasteiger partial charge in [0.05, 0.1) is 10.6 Å². The highest BCUT2D eigenvalue weighted by Crippen LogP contribution is 2.26. The molecule has 0 unspecified atom stereocenters. The van der Waals surface area contributed by atoms with Crippen molar-refractivity contribution in [3.8, 4) is 0 Å². The first-order valence-electron chi connectivity index (χ1n) is 5.39. The Morgan fingerprint density at radius 2 is 2.20 bits per heavy atom. The van der Waals surface area contributed by atoms with E-state index in [4.69, 9.17) is 5.73 Å². The van der Waals surface area contributed by atoms with Crippen molar-refractivity contribution in [2.45, 2.75) is 11.3 Å². The summed E-state index contributed by atoms with van der Waals surface area (Å²) in [7, 11) is -3.81. The molecule has 0 spiro atoms. The van der Waals surface area contributed by atoms with E-state index in [1.54, 1.807) is 0 Å². The van der Waals surface area contributed by atoms with Crippen LogP contribution in [0.2, 0.25) is 0 Å². The van der Waals surface area contributed by atoms with Crippen molar-refractivity contribution in [1.29, 1.82) is 0 Å². The summed E-state index contributed by atoms with van der Waals surface area (Å²) < 4.78 is 44.3. The fraction of sp³-hybridized carbons (Fsp3) is 0.200. The van der Waals surface area contributed by atoms with Gasteiger partial charge in [-0.3, -0.25) is 0 Å². The van der Waals surface area contributed by atoms with Crippen LogP contribution in [0.3, 0.4) is 0 Å². The monoisotopic (exact) mass is 364 g/mol. The summed E-state index contributed by atoms with van der Waals surface area (Å²) in [6.45, 7) is 0.0750. The van der Waals surface area contributed by atoms with Crippen LogP contribution < -0.4 is 10.5 Å². The highest BCUT2D eigenvalue weighted by atomic mass is 79.9. The Kier molecular flexibility index (Phi) is 4.35. The van der Waals surface area contributed by atoms with E-state index in [0.717, 1.165) is 18.5 Å². The summed E-state index contributed by atoms with van der Waals surface area (Å²) >= 11 is 2.99. The average Bonchev–Trinajstić information content (AvgIpc) is 2.86. The van der Waals surface area contributed by atoms with Crippen LogP contribution >= 0.6 is 15.9 Å². The summed E-state index contributed by atoms with van der Waals surface area (Å²) in [5.41, 5.74) is 5.13. The Labute approximate surface area is 122 Å². The van der Waals surface area contributed by atoms with Gasteiger partial charge in [0.25, 0.3) is 0 Å². The van der Waals surface area contributed by atoms with Crippen LogP contribution in [0, 0.1) is 5.82 Å². The second kappa shape index (κ2) is 5.85. The average molecular weight is 365 g/mol. The Balaban J connectivity index is 2.12. The van der Waals surface area contributed by atoms with Gasteiger partial charge in [-0.1, -0.05) is 5.16 Å². The Morgan fingerprint density at radius 1 is 1.45 bits per heavy atom. The number of hydrogen-bond acceptors (Lipinski definition) is 6. The zero-order valence-electron chi connectivity index (χ0n) is 10.0. The smallest absolute Gasteiger partial charge is 0.241 e. The molecule has 2 aromatic rings. The van der Waals surface area contributed by atoms with E-state index in [1.807, 2.05) is 0 Å². The van der Waals surface area contributed by atoms with Crippen LogP contribution in [0.25, 0.3) is 0 Å². The lowest BCUT2D eigenvalue weighted by Gasteiger charge is -2.09. The molecule has 0 saturated heterocycles. The standard InChI is InChI=1S/C10H10BrFN4O3S/c11-6-3-7(12)8(13)4-9(6)20(17,18)15-2-1-10-14-5-19-16-10/h3-5,15H,1-2,13H2. The van der Waals surface area contributed by atoms with Crippen LogP contribution in [-0.2, 0) is 16.4 Å². The van der Waals surface area contributed by atoms with Crippen molar-refractivity contribution in [3.05, 3.63) is 34.6 Å². The predicted molar refractivity (Wildman–Crippen MR) is 71.7 cm³/mol. The van der Waals surface area contributed by atoms with Crippen LogP contribution in [0.15, 0.2) is 32.4 Å². The number of anilines is 1. The van der Waals surface area contributed by atoms with Gasteiger partial charge < -0.3 is 10.3 Å². The summed E-state index contributed by atoms with van der Waals surface area (Å²) in [6.07, 6.45) is 1.42. The minimum Gasteiger partial charge on any atom is -0.396 e. The number of halogens is 2. The van der Waals surface area contributed by atoms with E-state index in [0.29, 0.717) is 5.82 Å². The number of sulfonamides is 1. The molecule has 0 amide bonds. The minimum absolute atomic E-state index is 0.0750. The summed E-state index contributed by atoms with van der Waals surface area (Å²) in [5.74, 6) is -0.312. The molecular weight excluding hydrogens is 355 g/mol. The molecule has 0 aliphatic heterocycles. The highest BCUT2D eigenvalue weighted by Gasteiger charge is 2.19. The molecule has 3 N–H and O–H groups in total. The number of nitrogens with one attached hydrogen (secondary N) is 1. The van der Waals surface area contributed by atoms with Gasteiger partial charge in [-0.25, -0.2) is 17.5 Å². The molecule has 0 bridgehead atoms. The molecule has 10 heteroatoms. The first kappa shape index (κ1) is 14.9. The minimum atomic E-state index is -3.81. The fourth-order valence-corrected chi connectivity index (χ4v) is 3.51. The van der Waals surface area contributed by atoms with E-state index in [1.165, 1.54) is 0 Å². The molecule has 0 aliphatic rings. The van der Waals surface area contributed by atoms with Crippen LogP contribution in [0.4, 0.5) is 10.1 Å². The number of benzene rings is 1. The summed E-state index contributed by atoms with van der Waals surface area (Å²) in [4.78, 5) is 3.63. The zero-order chi connectivity index (χ0) is 14.8. The van der Waals surface area contributed by atoms with Gasteiger partial charge in [-0.05, 0) is 28.1 Å². The number of rotatable bonds is 5. The molecule has 0 fully saturated rings. The van der Waals surface area contributed by atoms with Gasteiger partial charge >= 0.3 is 0 Å². The van der Waals surface area contributed by atoms with Crippen molar-refractivity contribution in [2.24, 2.45) is 0 Å². The molecule has 1 heterocycles. The maximum Gasteiger partial charge on any atom is 0.241 e. The fourth-order valence-electron chi connectivity index (χ4n) is 1.43. The SMILES string of the molecule is Nc1cc(S(=O)(=O)NCCc2ncon2)c(Br)cc1F. The van der Waals surface area contributed by atoms with Crippen molar-refractivity contribution in [2.75, 3.05) is 12.3 Å². The predicted octanol–water partition coefficient (Wildman–Crippen LogP) is 1.07. The topological polar surface area (TPSA) is 111 Å². The molecule has 2 rings (SSSR count). The van der Waals surface area contributed by atoms with E-state index >= 15 is 0 Å². The van der Waals surface area contributed by atoms with Gasteiger partial charge in [0.1, 0.15) is 5.82 Å². The van der Waals surface area contributed by atoms with Gasteiger partial charge in [-0.2, -0.15) is 4.98 Å². The first-order chi connectivity index (χ1) is 9.40. The number of nitrogens with zero attached hydrogens (tertiary/aromatic N) is 2. The highest BCUT2D eigenvalue weighted by molar-refractivity contribution is 9.10. The molecular formula is C10H10BrFN4O3S. The van der Waals surface area contributed by atoms with Crippen molar-refractivity contribution >= 4 is 31.6 Å². The largest absolute Gasteiger partial charge is 0.396 e. The van der Waals surface area contributed by atoms with Gasteiger partial charge in [-0.15, -0.1) is 0 Å². The van der Waals surface area contributed by atoms with Gasteiger partial charge in [0.2, 0.25) is 16.4 Å². The lowest BCUT2D eigenvalue weighted by molar-refractivity contribution is 0.410. The van der Waals surface area contributed by atoms with Gasteiger partial charge in [0, 0.05) is 17.4 Å². The number of hydrogen-bond donors (Lipinski definition) is 2. The van der Waals surface area contributed by atoms with E-state index < -0.39 is 15.8 Å². The van der Waals surface area contributed by atoms with Crippen LogP contribution in [-0.4, -0.2) is 25.1 Å². The lowest BCUT2D eigenvalue weighted by atomic mass is 10.3. The Hall–Kier alpha value is -1.52. The molecule has 20 heavy (non-hydrogen) atoms. The van der Waals surface area contributed by atoms with Crippen molar-refractivity contribution in [3.63, 3.8) is 0 Å². The first-order valence-corrected chi connectivity index (χ1v) is 7.67. The molecule has 1 aromatic carbocycles. The third-order valence-corrected chi connectivity index (χ3v) is 4.81. The molecule has 0 aliphatic carbocycles. The third-order valence-electron chi connectivity index (χ3n) is 2.39.